The average molecular weight is 266 g/mol. The highest BCUT2D eigenvalue weighted by Gasteiger charge is 2.27. The van der Waals surface area contributed by atoms with Gasteiger partial charge >= 0.3 is 6.03 Å². The Bertz CT molecular complexity index is 432. The van der Waals surface area contributed by atoms with Crippen molar-refractivity contribution in [1.82, 2.24) is 20.0 Å². The van der Waals surface area contributed by atoms with Gasteiger partial charge in [0, 0.05) is 19.3 Å². The number of hydrogen-bond donors (Lipinski definition) is 1. The molecule has 0 aliphatic carbocycles. The van der Waals surface area contributed by atoms with Crippen molar-refractivity contribution in [2.24, 2.45) is 0 Å². The average Bonchev–Trinajstić information content (AvgIpc) is 2.78. The number of amides is 2. The van der Waals surface area contributed by atoms with Crippen LogP contribution >= 0.6 is 0 Å². The topological polar surface area (TPSA) is 59.4 Å². The van der Waals surface area contributed by atoms with E-state index in [1.165, 1.54) is 0 Å². The molecule has 1 saturated heterocycles. The van der Waals surface area contributed by atoms with Crippen molar-refractivity contribution >= 4 is 6.03 Å². The molecule has 1 aliphatic rings. The largest absolute Gasteiger partial charge is 0.375 e. The van der Waals surface area contributed by atoms with Crippen LogP contribution in [-0.4, -0.2) is 52.6 Å². The van der Waals surface area contributed by atoms with Gasteiger partial charge in [-0.15, -0.1) is 0 Å². The lowest BCUT2D eigenvalue weighted by atomic mass is 10.2. The third-order valence-electron chi connectivity index (χ3n) is 3.25. The van der Waals surface area contributed by atoms with Crippen molar-refractivity contribution in [2.45, 2.75) is 39.5 Å². The lowest BCUT2D eigenvalue weighted by Crippen LogP contribution is -2.53. The highest BCUT2D eigenvalue weighted by atomic mass is 16.5. The molecule has 6 heteroatoms. The smallest absolute Gasteiger partial charge is 0.317 e. The van der Waals surface area contributed by atoms with Gasteiger partial charge in [0.15, 0.2) is 0 Å². The maximum absolute atomic E-state index is 12.1. The van der Waals surface area contributed by atoms with Gasteiger partial charge in [-0.05, 0) is 26.3 Å². The lowest BCUT2D eigenvalue weighted by Gasteiger charge is -2.36. The highest BCUT2D eigenvalue weighted by molar-refractivity contribution is 5.74. The predicted octanol–water partition coefficient (Wildman–Crippen LogP) is 1.01. The number of morpholine rings is 1. The van der Waals surface area contributed by atoms with Crippen molar-refractivity contribution in [3.63, 3.8) is 0 Å². The quantitative estimate of drug-likeness (QED) is 0.888. The van der Waals surface area contributed by atoms with E-state index in [0.29, 0.717) is 26.2 Å². The number of aromatic nitrogens is 2. The third-order valence-corrected chi connectivity index (χ3v) is 3.25. The Hall–Kier alpha value is -1.56. The summed E-state index contributed by atoms with van der Waals surface area (Å²) in [5.41, 5.74) is 1.13. The second-order valence-corrected chi connectivity index (χ2v) is 5.16. The molecule has 0 aromatic carbocycles. The Morgan fingerprint density at radius 1 is 1.58 bits per heavy atom. The first-order valence-corrected chi connectivity index (χ1v) is 6.71. The summed E-state index contributed by atoms with van der Waals surface area (Å²) in [7, 11) is 0. The molecule has 0 saturated carbocycles. The van der Waals surface area contributed by atoms with E-state index < -0.39 is 0 Å². The van der Waals surface area contributed by atoms with Crippen LogP contribution < -0.4 is 5.32 Å². The van der Waals surface area contributed by atoms with Gasteiger partial charge in [0.1, 0.15) is 0 Å². The van der Waals surface area contributed by atoms with E-state index in [-0.39, 0.29) is 18.2 Å². The van der Waals surface area contributed by atoms with E-state index in [4.69, 9.17) is 4.74 Å². The second-order valence-electron chi connectivity index (χ2n) is 5.16. The zero-order valence-electron chi connectivity index (χ0n) is 11.8. The fourth-order valence-corrected chi connectivity index (χ4v) is 2.15. The molecular weight excluding hydrogens is 244 g/mol. The first-order chi connectivity index (χ1) is 9.06. The number of aryl methyl sites for hydroxylation is 1. The van der Waals surface area contributed by atoms with Crippen LogP contribution in [0.1, 0.15) is 19.4 Å². The number of carbonyl (C=O) groups excluding carboxylic acids is 1. The van der Waals surface area contributed by atoms with Gasteiger partial charge in [-0.2, -0.15) is 5.10 Å². The van der Waals surface area contributed by atoms with E-state index in [9.17, 15) is 4.79 Å². The van der Waals surface area contributed by atoms with Crippen molar-refractivity contribution in [2.75, 3.05) is 19.7 Å². The van der Waals surface area contributed by atoms with Crippen molar-refractivity contribution in [1.29, 1.82) is 0 Å². The summed E-state index contributed by atoms with van der Waals surface area (Å²) in [6, 6.07) is 0.106. The van der Waals surface area contributed by atoms with Gasteiger partial charge in [-0.25, -0.2) is 4.79 Å². The number of nitrogens with zero attached hydrogens (tertiary/aromatic N) is 3. The zero-order chi connectivity index (χ0) is 13.8. The summed E-state index contributed by atoms with van der Waals surface area (Å²) in [6.07, 6.45) is 3.88. The minimum atomic E-state index is -0.0217. The van der Waals surface area contributed by atoms with Gasteiger partial charge in [-0.1, -0.05) is 0 Å². The molecule has 2 heterocycles. The van der Waals surface area contributed by atoms with Gasteiger partial charge in [0.2, 0.25) is 0 Å². The van der Waals surface area contributed by atoms with Crippen LogP contribution in [0.2, 0.25) is 0 Å². The number of rotatable bonds is 3. The molecule has 6 nitrogen and oxygen atoms in total. The summed E-state index contributed by atoms with van der Waals surface area (Å²) in [4.78, 5) is 13.9. The Morgan fingerprint density at radius 2 is 2.37 bits per heavy atom. The van der Waals surface area contributed by atoms with Gasteiger partial charge in [0.25, 0.3) is 0 Å². The Morgan fingerprint density at radius 3 is 3.05 bits per heavy atom. The molecule has 2 atom stereocenters. The molecular formula is C13H22N4O2. The van der Waals surface area contributed by atoms with E-state index in [0.717, 1.165) is 5.56 Å². The second kappa shape index (κ2) is 6.06. The van der Waals surface area contributed by atoms with E-state index in [1.54, 1.807) is 0 Å². The molecule has 0 bridgehead atoms. The Balaban J connectivity index is 1.77. The van der Waals surface area contributed by atoms with E-state index in [2.05, 4.69) is 10.4 Å². The van der Waals surface area contributed by atoms with Crippen LogP contribution in [0.25, 0.3) is 0 Å². The summed E-state index contributed by atoms with van der Waals surface area (Å²) in [6.45, 7) is 8.51. The highest BCUT2D eigenvalue weighted by Crippen LogP contribution is 2.11. The fraction of sp³-hybridized carbons (Fsp3) is 0.692. The van der Waals surface area contributed by atoms with Crippen LogP contribution in [0.5, 0.6) is 0 Å². The van der Waals surface area contributed by atoms with Crippen molar-refractivity contribution < 1.29 is 9.53 Å². The molecule has 0 spiro atoms. The van der Waals surface area contributed by atoms with Gasteiger partial charge < -0.3 is 15.0 Å². The van der Waals surface area contributed by atoms with Crippen molar-refractivity contribution in [3.8, 4) is 0 Å². The minimum Gasteiger partial charge on any atom is -0.375 e. The first-order valence-electron chi connectivity index (χ1n) is 6.71. The molecule has 0 radical (unpaired) electrons. The summed E-state index contributed by atoms with van der Waals surface area (Å²) >= 11 is 0. The van der Waals surface area contributed by atoms with Crippen LogP contribution in [0.15, 0.2) is 12.4 Å². The summed E-state index contributed by atoms with van der Waals surface area (Å²) in [5, 5.41) is 7.12. The minimum absolute atomic E-state index is 0.0217. The standard InChI is InChI=1S/C13H22N4O2/c1-10-6-15-16(7-10)5-4-14-13(18)17-8-12(3)19-9-11(17)2/h6-7,11-12H,4-5,8-9H2,1-3H3,(H,14,18)/t11-,12+/m1/s1. The lowest BCUT2D eigenvalue weighted by molar-refractivity contribution is -0.0317. The number of nitrogens with one attached hydrogen (secondary N) is 1. The van der Waals surface area contributed by atoms with E-state index in [1.807, 2.05) is 42.7 Å². The Kier molecular flexibility index (Phi) is 4.42. The normalized spacial score (nSPS) is 23.4. The van der Waals surface area contributed by atoms with Crippen LogP contribution in [-0.2, 0) is 11.3 Å². The molecule has 19 heavy (non-hydrogen) atoms. The molecule has 1 fully saturated rings. The molecule has 0 unspecified atom stereocenters. The van der Waals surface area contributed by atoms with Crippen molar-refractivity contribution in [3.05, 3.63) is 18.0 Å². The summed E-state index contributed by atoms with van der Waals surface area (Å²) < 4.78 is 7.35. The van der Waals surface area contributed by atoms with Gasteiger partial charge in [0.05, 0.1) is 31.5 Å². The first kappa shape index (κ1) is 13.9. The number of urea groups is 1. The monoisotopic (exact) mass is 266 g/mol. The van der Waals surface area contributed by atoms with Crippen LogP contribution in [0.4, 0.5) is 4.79 Å². The number of carbonyl (C=O) groups is 1. The zero-order valence-corrected chi connectivity index (χ0v) is 11.8. The molecule has 1 N–H and O–H groups in total. The molecule has 106 valence electrons. The van der Waals surface area contributed by atoms with E-state index >= 15 is 0 Å². The molecule has 2 rings (SSSR count). The van der Waals surface area contributed by atoms with Gasteiger partial charge in [-0.3, -0.25) is 4.68 Å². The molecule has 1 aromatic rings. The van der Waals surface area contributed by atoms with Crippen LogP contribution in [0, 0.1) is 6.92 Å². The third kappa shape index (κ3) is 3.70. The summed E-state index contributed by atoms with van der Waals surface area (Å²) in [5.74, 6) is 0. The Labute approximate surface area is 113 Å². The maximum Gasteiger partial charge on any atom is 0.317 e. The SMILES string of the molecule is Cc1cnn(CCNC(=O)N2C[C@H](C)OC[C@H]2C)c1. The number of hydrogen-bond acceptors (Lipinski definition) is 3. The molecule has 1 aliphatic heterocycles. The molecule has 2 amide bonds. The fourth-order valence-electron chi connectivity index (χ4n) is 2.15. The number of ether oxygens (including phenoxy) is 1. The molecule has 1 aromatic heterocycles. The predicted molar refractivity (Wildman–Crippen MR) is 71.9 cm³/mol. The van der Waals surface area contributed by atoms with Crippen LogP contribution in [0.3, 0.4) is 0 Å². The maximum atomic E-state index is 12.1.